The number of aromatic amines is 1. The summed E-state index contributed by atoms with van der Waals surface area (Å²) >= 11 is 6.03. The number of methoxy groups -OCH3 is 1. The SMILES string of the molecule is COc1ccc(/C=N/N=C(/c2ccccc2)c2ccc3nc(-c4ccc(Cl)cc4)[nH]c3c2)cc1. The Morgan fingerprint density at radius 2 is 1.65 bits per heavy atom. The van der Waals surface area contributed by atoms with E-state index >= 15 is 0 Å². The lowest BCUT2D eigenvalue weighted by Gasteiger charge is -2.05. The monoisotopic (exact) mass is 464 g/mol. The zero-order valence-corrected chi connectivity index (χ0v) is 19.2. The highest BCUT2D eigenvalue weighted by atomic mass is 35.5. The number of aromatic nitrogens is 2. The molecule has 5 rings (SSSR count). The topological polar surface area (TPSA) is 62.6 Å². The lowest BCUT2D eigenvalue weighted by molar-refractivity contribution is 0.415. The summed E-state index contributed by atoms with van der Waals surface area (Å²) < 4.78 is 5.21. The molecule has 0 saturated carbocycles. The van der Waals surface area contributed by atoms with E-state index in [4.69, 9.17) is 21.3 Å². The molecule has 5 nitrogen and oxygen atoms in total. The van der Waals surface area contributed by atoms with Crippen molar-refractivity contribution in [3.8, 4) is 17.1 Å². The number of ether oxygens (including phenoxy) is 1. The summed E-state index contributed by atoms with van der Waals surface area (Å²) in [7, 11) is 1.65. The summed E-state index contributed by atoms with van der Waals surface area (Å²) in [4.78, 5) is 8.13. The molecular formula is C28H21ClN4O. The van der Waals surface area contributed by atoms with Crippen LogP contribution in [0.5, 0.6) is 5.75 Å². The van der Waals surface area contributed by atoms with Crippen LogP contribution >= 0.6 is 11.6 Å². The van der Waals surface area contributed by atoms with Gasteiger partial charge in [0, 0.05) is 21.7 Å². The molecule has 1 N–H and O–H groups in total. The Balaban J connectivity index is 1.51. The van der Waals surface area contributed by atoms with Gasteiger partial charge in [0.15, 0.2) is 0 Å². The van der Waals surface area contributed by atoms with Crippen LogP contribution in [-0.2, 0) is 0 Å². The molecule has 1 heterocycles. The molecule has 0 fully saturated rings. The van der Waals surface area contributed by atoms with Crippen LogP contribution < -0.4 is 4.74 Å². The number of imidazole rings is 1. The Morgan fingerprint density at radius 1 is 0.882 bits per heavy atom. The minimum absolute atomic E-state index is 0.695. The average molecular weight is 465 g/mol. The van der Waals surface area contributed by atoms with Crippen molar-refractivity contribution in [1.29, 1.82) is 0 Å². The number of nitrogens with zero attached hydrogens (tertiary/aromatic N) is 3. The van der Waals surface area contributed by atoms with E-state index in [9.17, 15) is 0 Å². The number of benzene rings is 4. The molecule has 1 aromatic heterocycles. The maximum absolute atomic E-state index is 6.03. The summed E-state index contributed by atoms with van der Waals surface area (Å²) in [6.07, 6.45) is 1.73. The van der Waals surface area contributed by atoms with Crippen LogP contribution in [0.25, 0.3) is 22.4 Å². The van der Waals surface area contributed by atoms with E-state index in [1.807, 2.05) is 91.0 Å². The Hall–Kier alpha value is -4.22. The standard InChI is InChI=1S/C28H21ClN4O/c1-34-24-14-7-19(8-15-24)18-30-33-27(20-5-3-2-4-6-20)22-11-16-25-26(17-22)32-28(31-25)21-9-12-23(29)13-10-21/h2-18H,1H3,(H,31,32)/b30-18+,33-27-. The van der Waals surface area contributed by atoms with E-state index in [1.54, 1.807) is 13.3 Å². The third-order valence-corrected chi connectivity index (χ3v) is 5.65. The van der Waals surface area contributed by atoms with E-state index in [2.05, 4.69) is 21.3 Å². The van der Waals surface area contributed by atoms with Crippen molar-refractivity contribution >= 4 is 34.6 Å². The fourth-order valence-corrected chi connectivity index (χ4v) is 3.75. The maximum Gasteiger partial charge on any atom is 0.138 e. The van der Waals surface area contributed by atoms with Gasteiger partial charge >= 0.3 is 0 Å². The van der Waals surface area contributed by atoms with Crippen LogP contribution in [0.1, 0.15) is 16.7 Å². The molecule has 0 aliphatic rings. The molecule has 0 amide bonds. The van der Waals surface area contributed by atoms with Crippen LogP contribution in [0.15, 0.2) is 107 Å². The van der Waals surface area contributed by atoms with Gasteiger partial charge in [-0.3, -0.25) is 0 Å². The number of nitrogens with one attached hydrogen (secondary N) is 1. The van der Waals surface area contributed by atoms with Gasteiger partial charge in [0.05, 0.1) is 24.4 Å². The van der Waals surface area contributed by atoms with E-state index in [0.29, 0.717) is 5.02 Å². The quantitative estimate of drug-likeness (QED) is 0.223. The average Bonchev–Trinajstić information content (AvgIpc) is 3.31. The molecule has 0 spiro atoms. The second-order valence-electron chi connectivity index (χ2n) is 7.66. The largest absolute Gasteiger partial charge is 0.497 e. The van der Waals surface area contributed by atoms with E-state index in [0.717, 1.165) is 50.6 Å². The summed E-state index contributed by atoms with van der Waals surface area (Å²) in [6.45, 7) is 0. The molecule has 0 bridgehead atoms. The Bertz CT molecular complexity index is 1470. The first-order chi connectivity index (χ1) is 16.7. The molecule has 0 atom stereocenters. The first kappa shape index (κ1) is 21.6. The third kappa shape index (κ3) is 4.75. The molecule has 5 aromatic rings. The van der Waals surface area contributed by atoms with Crippen LogP contribution in [0.3, 0.4) is 0 Å². The first-order valence-corrected chi connectivity index (χ1v) is 11.1. The highest BCUT2D eigenvalue weighted by Crippen LogP contribution is 2.24. The predicted octanol–water partition coefficient (Wildman–Crippen LogP) is 6.76. The van der Waals surface area contributed by atoms with Crippen molar-refractivity contribution < 1.29 is 4.74 Å². The van der Waals surface area contributed by atoms with Gasteiger partial charge in [-0.2, -0.15) is 5.10 Å². The molecule has 4 aromatic carbocycles. The van der Waals surface area contributed by atoms with Gasteiger partial charge in [-0.25, -0.2) is 4.98 Å². The normalized spacial score (nSPS) is 11.9. The van der Waals surface area contributed by atoms with E-state index in [-0.39, 0.29) is 0 Å². The van der Waals surface area contributed by atoms with Gasteiger partial charge in [0.25, 0.3) is 0 Å². The van der Waals surface area contributed by atoms with Crippen molar-refractivity contribution in [2.45, 2.75) is 0 Å². The van der Waals surface area contributed by atoms with Crippen molar-refractivity contribution in [2.75, 3.05) is 7.11 Å². The number of rotatable bonds is 6. The number of H-pyrrole nitrogens is 1. The van der Waals surface area contributed by atoms with Gasteiger partial charge in [-0.05, 0) is 66.2 Å². The minimum atomic E-state index is 0.695. The Labute approximate surface area is 202 Å². The van der Waals surface area contributed by atoms with Crippen molar-refractivity contribution in [3.05, 3.63) is 119 Å². The van der Waals surface area contributed by atoms with Gasteiger partial charge < -0.3 is 9.72 Å². The molecule has 0 unspecified atom stereocenters. The smallest absolute Gasteiger partial charge is 0.138 e. The fourth-order valence-electron chi connectivity index (χ4n) is 3.62. The molecule has 0 aliphatic heterocycles. The lowest BCUT2D eigenvalue weighted by atomic mass is 10.0. The molecule has 0 aliphatic carbocycles. The number of hydrogen-bond donors (Lipinski definition) is 1. The van der Waals surface area contributed by atoms with Crippen molar-refractivity contribution in [2.24, 2.45) is 10.2 Å². The van der Waals surface area contributed by atoms with Crippen molar-refractivity contribution in [1.82, 2.24) is 9.97 Å². The second-order valence-corrected chi connectivity index (χ2v) is 8.09. The maximum atomic E-state index is 6.03. The highest BCUT2D eigenvalue weighted by Gasteiger charge is 2.11. The van der Waals surface area contributed by atoms with Gasteiger partial charge in [0.2, 0.25) is 0 Å². The van der Waals surface area contributed by atoms with Crippen molar-refractivity contribution in [3.63, 3.8) is 0 Å². The Kier molecular flexibility index (Phi) is 6.19. The Morgan fingerprint density at radius 3 is 2.38 bits per heavy atom. The lowest BCUT2D eigenvalue weighted by Crippen LogP contribution is -2.02. The van der Waals surface area contributed by atoms with Gasteiger partial charge in [-0.15, -0.1) is 5.10 Å². The van der Waals surface area contributed by atoms with Crippen LogP contribution in [-0.4, -0.2) is 29.0 Å². The molecule has 0 saturated heterocycles. The van der Waals surface area contributed by atoms with Crippen LogP contribution in [0.4, 0.5) is 0 Å². The van der Waals surface area contributed by atoms with Gasteiger partial charge in [0.1, 0.15) is 17.3 Å². The molecular weight excluding hydrogens is 444 g/mol. The van der Waals surface area contributed by atoms with Gasteiger partial charge in [-0.1, -0.05) is 48.0 Å². The number of halogens is 1. The number of hydrogen-bond acceptors (Lipinski definition) is 4. The molecule has 6 heteroatoms. The fraction of sp³-hybridized carbons (Fsp3) is 0.0357. The van der Waals surface area contributed by atoms with E-state index < -0.39 is 0 Å². The summed E-state index contributed by atoms with van der Waals surface area (Å²) in [5, 5.41) is 9.66. The number of fused-ring (bicyclic) bond motifs is 1. The molecule has 166 valence electrons. The minimum Gasteiger partial charge on any atom is -0.497 e. The van der Waals surface area contributed by atoms with Crippen LogP contribution in [0, 0.1) is 0 Å². The molecule has 0 radical (unpaired) electrons. The first-order valence-electron chi connectivity index (χ1n) is 10.8. The summed E-state index contributed by atoms with van der Waals surface area (Å²) in [5.41, 5.74) is 6.41. The molecule has 34 heavy (non-hydrogen) atoms. The van der Waals surface area contributed by atoms with Crippen LogP contribution in [0.2, 0.25) is 5.02 Å². The summed E-state index contributed by atoms with van der Waals surface area (Å²) in [6, 6.07) is 31.4. The summed E-state index contributed by atoms with van der Waals surface area (Å²) in [5.74, 6) is 1.59. The zero-order chi connectivity index (χ0) is 23.3. The second kappa shape index (κ2) is 9.73. The predicted molar refractivity (Wildman–Crippen MR) is 139 cm³/mol. The van der Waals surface area contributed by atoms with E-state index in [1.165, 1.54) is 0 Å². The third-order valence-electron chi connectivity index (χ3n) is 5.40. The zero-order valence-electron chi connectivity index (χ0n) is 18.4. The highest BCUT2D eigenvalue weighted by molar-refractivity contribution is 6.30.